The van der Waals surface area contributed by atoms with E-state index in [1.807, 2.05) is 30.4 Å². The summed E-state index contributed by atoms with van der Waals surface area (Å²) in [6, 6.07) is 4.26. The van der Waals surface area contributed by atoms with Gasteiger partial charge in [0.1, 0.15) is 41.7 Å². The molecule has 278 valence electrons. The van der Waals surface area contributed by atoms with Crippen molar-refractivity contribution in [1.82, 2.24) is 25.8 Å². The van der Waals surface area contributed by atoms with Crippen molar-refractivity contribution in [2.24, 2.45) is 5.92 Å². The fourth-order valence-electron chi connectivity index (χ4n) is 7.12. The lowest BCUT2D eigenvalue weighted by Crippen LogP contribution is -2.56. The quantitative estimate of drug-likeness (QED) is 0.231. The number of carbonyl (C=O) groups excluding carboxylic acids is 4. The molecule has 1 aromatic rings. The number of hydrogen-bond acceptors (Lipinski definition) is 9. The standard InChI is InChI=1S/C37H51N5O9/c1-36(2,3)51-34(47)39-29-10-8-6-4-5-7-9-25-19-37(25,33(45)46)40-31(43)30-18-28(22-42(30)32(29)44)50-35(48)41-20-23-11-14-27(17-24(23)21-41)49-16-15-38-26-12-13-26/h7,9,11,14,17,25-26,28-30,38H,4-6,8,10,12-13,15-16,18-22H2,1-3H3,(H,39,47)(H,40,43)(H,45,46)/t25-,28-,29+,30+,37-/m1/s1. The van der Waals surface area contributed by atoms with Crippen molar-refractivity contribution in [3.8, 4) is 5.75 Å². The van der Waals surface area contributed by atoms with Crippen LogP contribution in [-0.4, -0.2) is 99.9 Å². The predicted octanol–water partition coefficient (Wildman–Crippen LogP) is 3.61. The number of amides is 4. The van der Waals surface area contributed by atoms with Gasteiger partial charge in [-0.2, -0.15) is 0 Å². The van der Waals surface area contributed by atoms with Crippen LogP contribution in [0.25, 0.3) is 0 Å². The Kier molecular flexibility index (Phi) is 10.8. The highest BCUT2D eigenvalue weighted by atomic mass is 16.6. The van der Waals surface area contributed by atoms with Crippen molar-refractivity contribution < 1.29 is 43.3 Å². The van der Waals surface area contributed by atoms with Crippen LogP contribution in [0.3, 0.4) is 0 Å². The average Bonchev–Trinajstić information content (AvgIpc) is 3.92. The number of aliphatic carboxylic acids is 1. The van der Waals surface area contributed by atoms with E-state index in [9.17, 15) is 29.1 Å². The average molecular weight is 710 g/mol. The number of nitrogens with zero attached hydrogens (tertiary/aromatic N) is 2. The Labute approximate surface area is 298 Å². The second-order valence-electron chi connectivity index (χ2n) is 15.5. The number of rotatable bonds is 8. The third-order valence-electron chi connectivity index (χ3n) is 10.1. The molecule has 0 spiro atoms. The second-order valence-corrected chi connectivity index (χ2v) is 15.5. The molecule has 5 aliphatic rings. The molecule has 4 N–H and O–H groups in total. The summed E-state index contributed by atoms with van der Waals surface area (Å²) in [6.07, 6.45) is 7.53. The zero-order valence-electron chi connectivity index (χ0n) is 29.8. The van der Waals surface area contributed by atoms with Crippen LogP contribution >= 0.6 is 0 Å². The van der Waals surface area contributed by atoms with Crippen molar-refractivity contribution >= 4 is 30.0 Å². The molecule has 4 amide bonds. The molecular formula is C37H51N5O9. The molecule has 14 nitrogen and oxygen atoms in total. The summed E-state index contributed by atoms with van der Waals surface area (Å²) in [5.41, 5.74) is -0.330. The number of nitrogens with one attached hydrogen (secondary N) is 3. The number of carbonyl (C=O) groups is 5. The molecule has 14 heteroatoms. The van der Waals surface area contributed by atoms with Gasteiger partial charge in [0.2, 0.25) is 11.8 Å². The first-order valence-electron chi connectivity index (χ1n) is 18.3. The maximum atomic E-state index is 14.2. The van der Waals surface area contributed by atoms with Gasteiger partial charge in [-0.05, 0) is 82.6 Å². The Morgan fingerprint density at radius 3 is 2.59 bits per heavy atom. The summed E-state index contributed by atoms with van der Waals surface area (Å²) in [6.45, 7) is 7.06. The first-order valence-corrected chi connectivity index (χ1v) is 18.3. The number of fused-ring (bicyclic) bond motifs is 3. The molecule has 2 aliphatic carbocycles. The number of benzene rings is 1. The van der Waals surface area contributed by atoms with E-state index in [1.54, 1.807) is 25.7 Å². The highest BCUT2D eigenvalue weighted by Gasteiger charge is 2.61. The normalized spacial score (nSPS) is 28.0. The van der Waals surface area contributed by atoms with Crippen molar-refractivity contribution in [1.29, 1.82) is 0 Å². The molecule has 3 fully saturated rings. The number of hydrogen-bond donors (Lipinski definition) is 4. The highest BCUT2D eigenvalue weighted by Crippen LogP contribution is 2.45. The summed E-state index contributed by atoms with van der Waals surface area (Å²) in [7, 11) is 0. The number of carboxylic acid groups (broad SMARTS) is 1. The van der Waals surface area contributed by atoms with Crippen LogP contribution in [0.15, 0.2) is 30.4 Å². The van der Waals surface area contributed by atoms with Gasteiger partial charge in [0.05, 0.1) is 6.54 Å². The summed E-state index contributed by atoms with van der Waals surface area (Å²) < 4.78 is 17.3. The van der Waals surface area contributed by atoms with Gasteiger partial charge in [0.15, 0.2) is 0 Å². The Hall–Kier alpha value is -4.33. The van der Waals surface area contributed by atoms with Gasteiger partial charge in [0.25, 0.3) is 0 Å². The van der Waals surface area contributed by atoms with Crippen LogP contribution in [0.4, 0.5) is 9.59 Å². The van der Waals surface area contributed by atoms with E-state index >= 15 is 0 Å². The summed E-state index contributed by atoms with van der Waals surface area (Å²) in [5.74, 6) is -1.94. The minimum absolute atomic E-state index is 0.0215. The molecule has 51 heavy (non-hydrogen) atoms. The van der Waals surface area contributed by atoms with Gasteiger partial charge >= 0.3 is 18.2 Å². The van der Waals surface area contributed by atoms with E-state index < -0.39 is 59.3 Å². The molecule has 2 saturated carbocycles. The first kappa shape index (κ1) is 36.5. The highest BCUT2D eigenvalue weighted by molar-refractivity contribution is 5.96. The molecule has 1 saturated heterocycles. The Morgan fingerprint density at radius 1 is 1.06 bits per heavy atom. The monoisotopic (exact) mass is 709 g/mol. The van der Waals surface area contributed by atoms with Crippen LogP contribution in [0, 0.1) is 5.92 Å². The summed E-state index contributed by atoms with van der Waals surface area (Å²) >= 11 is 0. The number of ether oxygens (including phenoxy) is 3. The van der Waals surface area contributed by atoms with Gasteiger partial charge in [0, 0.05) is 38.0 Å². The smallest absolute Gasteiger partial charge is 0.410 e. The van der Waals surface area contributed by atoms with E-state index in [4.69, 9.17) is 14.2 Å². The van der Waals surface area contributed by atoms with Crippen molar-refractivity contribution in [3.63, 3.8) is 0 Å². The third kappa shape index (κ3) is 9.13. The van der Waals surface area contributed by atoms with E-state index in [0.29, 0.717) is 38.6 Å². The molecule has 5 atom stereocenters. The Balaban J connectivity index is 1.15. The molecule has 6 rings (SSSR count). The molecule has 3 aliphatic heterocycles. The molecule has 0 aromatic heterocycles. The minimum atomic E-state index is -1.47. The predicted molar refractivity (Wildman–Crippen MR) is 185 cm³/mol. The van der Waals surface area contributed by atoms with E-state index in [2.05, 4.69) is 16.0 Å². The molecule has 0 bridgehead atoms. The van der Waals surface area contributed by atoms with E-state index in [1.165, 1.54) is 17.7 Å². The second kappa shape index (κ2) is 15.1. The van der Waals surface area contributed by atoms with Crippen LogP contribution in [0.2, 0.25) is 0 Å². The number of alkyl carbamates (subject to hydrolysis) is 1. The SMILES string of the molecule is CC(C)(C)OC(=O)N[C@H]1CCCCCC=C[C@@H]2C[C@@]2(C(=O)O)NC(=O)[C@@H]2C[C@@H](OC(=O)N3Cc4ccc(OCCNC5CC5)cc4C3)CN2C1=O. The van der Waals surface area contributed by atoms with Crippen molar-refractivity contribution in [3.05, 3.63) is 41.5 Å². The van der Waals surface area contributed by atoms with Gasteiger partial charge in [-0.25, -0.2) is 14.4 Å². The third-order valence-corrected chi connectivity index (χ3v) is 10.1. The fourth-order valence-corrected chi connectivity index (χ4v) is 7.12. The molecule has 0 unspecified atom stereocenters. The summed E-state index contributed by atoms with van der Waals surface area (Å²) in [5, 5.41) is 19.0. The fraction of sp³-hybridized carbons (Fsp3) is 0.649. The number of carboxylic acids is 1. The van der Waals surface area contributed by atoms with Crippen LogP contribution in [0.5, 0.6) is 5.75 Å². The molecule has 3 heterocycles. The maximum Gasteiger partial charge on any atom is 0.410 e. The zero-order valence-corrected chi connectivity index (χ0v) is 29.8. The van der Waals surface area contributed by atoms with Crippen molar-refractivity contribution in [2.45, 2.75) is 127 Å². The lowest BCUT2D eigenvalue weighted by Gasteiger charge is -2.30. The maximum absolute atomic E-state index is 14.2. The minimum Gasteiger partial charge on any atom is -0.492 e. The lowest BCUT2D eigenvalue weighted by atomic mass is 10.0. The molecule has 1 aromatic carbocycles. The number of allylic oxidation sites excluding steroid dienone is 1. The first-order chi connectivity index (χ1) is 24.3. The van der Waals surface area contributed by atoms with Crippen LogP contribution < -0.4 is 20.7 Å². The van der Waals surface area contributed by atoms with Crippen LogP contribution in [-0.2, 0) is 36.9 Å². The van der Waals surface area contributed by atoms with Crippen molar-refractivity contribution in [2.75, 3.05) is 19.7 Å². The lowest BCUT2D eigenvalue weighted by molar-refractivity contribution is -0.145. The Morgan fingerprint density at radius 2 is 1.84 bits per heavy atom. The van der Waals surface area contributed by atoms with Gasteiger partial charge < -0.3 is 40.2 Å². The largest absolute Gasteiger partial charge is 0.492 e. The summed E-state index contributed by atoms with van der Waals surface area (Å²) in [4.78, 5) is 69.7. The van der Waals surface area contributed by atoms with E-state index in [0.717, 1.165) is 42.7 Å². The molecular weight excluding hydrogens is 658 g/mol. The van der Waals surface area contributed by atoms with Gasteiger partial charge in [-0.15, -0.1) is 0 Å². The van der Waals surface area contributed by atoms with Gasteiger partial charge in [-0.3, -0.25) is 14.5 Å². The van der Waals surface area contributed by atoms with E-state index in [-0.39, 0.29) is 25.3 Å². The topological polar surface area (TPSA) is 176 Å². The zero-order chi connectivity index (χ0) is 36.3. The Bertz CT molecular complexity index is 1540. The van der Waals surface area contributed by atoms with Gasteiger partial charge in [-0.1, -0.05) is 31.1 Å². The van der Waals surface area contributed by atoms with Crippen LogP contribution in [0.1, 0.15) is 89.7 Å². The molecule has 0 radical (unpaired) electrons.